The molecule has 1 heterocycles. The molecule has 1 amide bonds. The second-order valence-corrected chi connectivity index (χ2v) is 4.79. The Morgan fingerprint density at radius 1 is 1.39 bits per heavy atom. The highest BCUT2D eigenvalue weighted by Crippen LogP contribution is 2.30. The van der Waals surface area contributed by atoms with Gasteiger partial charge in [0.15, 0.2) is 0 Å². The maximum atomic E-state index is 12.0. The molecule has 1 aliphatic rings. The molecule has 1 aromatic carbocycles. The van der Waals surface area contributed by atoms with Crippen LogP contribution in [0.1, 0.15) is 24.4 Å². The molecule has 0 aromatic heterocycles. The van der Waals surface area contributed by atoms with Crippen LogP contribution in [0.3, 0.4) is 0 Å². The maximum Gasteiger partial charge on any atom is 0.223 e. The van der Waals surface area contributed by atoms with Gasteiger partial charge < -0.3 is 15.7 Å². The molecule has 98 valence electrons. The second kappa shape index (κ2) is 5.98. The number of nitrogens with two attached hydrogens (primary N) is 1. The average molecular weight is 248 g/mol. The van der Waals surface area contributed by atoms with Gasteiger partial charge in [-0.3, -0.25) is 4.79 Å². The smallest absolute Gasteiger partial charge is 0.223 e. The highest BCUT2D eigenvalue weighted by atomic mass is 16.3. The number of amides is 1. The van der Waals surface area contributed by atoms with Crippen LogP contribution in [0, 0.1) is 5.92 Å². The summed E-state index contributed by atoms with van der Waals surface area (Å²) in [7, 11) is 0. The van der Waals surface area contributed by atoms with E-state index in [0.29, 0.717) is 25.9 Å². The molecular weight excluding hydrogens is 228 g/mol. The lowest BCUT2D eigenvalue weighted by molar-refractivity contribution is -0.130. The van der Waals surface area contributed by atoms with Gasteiger partial charge in [0.25, 0.3) is 0 Å². The van der Waals surface area contributed by atoms with E-state index in [2.05, 4.69) is 0 Å². The molecule has 0 saturated carbocycles. The fourth-order valence-corrected chi connectivity index (χ4v) is 2.57. The monoisotopic (exact) mass is 248 g/mol. The Kier molecular flexibility index (Phi) is 4.33. The molecule has 2 unspecified atom stereocenters. The van der Waals surface area contributed by atoms with Gasteiger partial charge in [-0.25, -0.2) is 0 Å². The third kappa shape index (κ3) is 2.71. The Balaban J connectivity index is 2.18. The van der Waals surface area contributed by atoms with Gasteiger partial charge in [0, 0.05) is 19.6 Å². The van der Waals surface area contributed by atoms with Crippen LogP contribution >= 0.6 is 0 Å². The molecule has 3 N–H and O–H groups in total. The number of aliphatic hydroxyl groups is 1. The summed E-state index contributed by atoms with van der Waals surface area (Å²) < 4.78 is 0. The molecule has 2 rings (SSSR count). The summed E-state index contributed by atoms with van der Waals surface area (Å²) in [6.45, 7) is 1.33. The van der Waals surface area contributed by atoms with Gasteiger partial charge in [-0.1, -0.05) is 30.3 Å². The number of likely N-dealkylation sites (tertiary alicyclic amines) is 1. The van der Waals surface area contributed by atoms with E-state index in [9.17, 15) is 9.90 Å². The van der Waals surface area contributed by atoms with Crippen molar-refractivity contribution in [3.63, 3.8) is 0 Å². The van der Waals surface area contributed by atoms with Gasteiger partial charge in [0.1, 0.15) is 0 Å². The first-order valence-corrected chi connectivity index (χ1v) is 6.41. The predicted molar refractivity (Wildman–Crippen MR) is 69.8 cm³/mol. The minimum Gasteiger partial charge on any atom is -0.396 e. The van der Waals surface area contributed by atoms with Crippen molar-refractivity contribution in [2.24, 2.45) is 11.7 Å². The zero-order valence-corrected chi connectivity index (χ0v) is 10.5. The Morgan fingerprint density at radius 3 is 2.67 bits per heavy atom. The van der Waals surface area contributed by atoms with Crippen molar-refractivity contribution in [1.29, 1.82) is 0 Å². The molecule has 4 heteroatoms. The molecular formula is C14H20N2O2. The molecule has 0 bridgehead atoms. The van der Waals surface area contributed by atoms with Gasteiger partial charge in [0.2, 0.25) is 5.91 Å². The lowest BCUT2D eigenvalue weighted by Crippen LogP contribution is -2.31. The Bertz CT molecular complexity index is 394. The largest absolute Gasteiger partial charge is 0.396 e. The summed E-state index contributed by atoms with van der Waals surface area (Å²) in [4.78, 5) is 13.9. The van der Waals surface area contributed by atoms with Gasteiger partial charge in [-0.05, 0) is 24.4 Å². The lowest BCUT2D eigenvalue weighted by atomic mass is 10.0. The van der Waals surface area contributed by atoms with Crippen molar-refractivity contribution in [1.82, 2.24) is 4.90 Å². The van der Waals surface area contributed by atoms with E-state index < -0.39 is 0 Å². The number of carbonyl (C=O) groups excluding carboxylic acids is 1. The van der Waals surface area contributed by atoms with Crippen molar-refractivity contribution in [2.75, 3.05) is 19.7 Å². The SMILES string of the molecule is NCC1CC(=O)N(C(CCO)c2ccccc2)C1. The highest BCUT2D eigenvalue weighted by molar-refractivity contribution is 5.79. The summed E-state index contributed by atoms with van der Waals surface area (Å²) in [6.07, 6.45) is 1.11. The van der Waals surface area contributed by atoms with Gasteiger partial charge in [0.05, 0.1) is 6.04 Å². The van der Waals surface area contributed by atoms with Crippen molar-refractivity contribution < 1.29 is 9.90 Å². The highest BCUT2D eigenvalue weighted by Gasteiger charge is 2.33. The third-order valence-corrected chi connectivity index (χ3v) is 3.53. The van der Waals surface area contributed by atoms with E-state index >= 15 is 0 Å². The Morgan fingerprint density at radius 2 is 2.11 bits per heavy atom. The summed E-state index contributed by atoms with van der Waals surface area (Å²) in [5.74, 6) is 0.398. The summed E-state index contributed by atoms with van der Waals surface area (Å²) in [5.41, 5.74) is 6.72. The van der Waals surface area contributed by atoms with E-state index in [1.165, 1.54) is 0 Å². The number of aliphatic hydroxyl groups excluding tert-OH is 1. The number of carbonyl (C=O) groups is 1. The van der Waals surface area contributed by atoms with Gasteiger partial charge >= 0.3 is 0 Å². The standard InChI is InChI=1S/C14H20N2O2/c15-9-11-8-14(18)16(10-11)13(6-7-17)12-4-2-1-3-5-12/h1-5,11,13,17H,6-10,15H2. The Hall–Kier alpha value is -1.39. The molecule has 2 atom stereocenters. The van der Waals surface area contributed by atoms with Crippen LogP contribution in [0.5, 0.6) is 0 Å². The first kappa shape index (κ1) is 13.1. The molecule has 1 aliphatic heterocycles. The summed E-state index contributed by atoms with van der Waals surface area (Å²) in [5, 5.41) is 9.21. The average Bonchev–Trinajstić information content (AvgIpc) is 2.78. The second-order valence-electron chi connectivity index (χ2n) is 4.79. The topological polar surface area (TPSA) is 66.6 Å². The Labute approximate surface area is 107 Å². The fourth-order valence-electron chi connectivity index (χ4n) is 2.57. The maximum absolute atomic E-state index is 12.0. The molecule has 1 aromatic rings. The first-order valence-electron chi connectivity index (χ1n) is 6.41. The molecule has 1 fully saturated rings. The summed E-state index contributed by atoms with van der Waals surface area (Å²) >= 11 is 0. The molecule has 0 radical (unpaired) electrons. The lowest BCUT2D eigenvalue weighted by Gasteiger charge is -2.28. The van der Waals surface area contributed by atoms with E-state index in [4.69, 9.17) is 5.73 Å². The minimum atomic E-state index is -0.0275. The molecule has 0 aliphatic carbocycles. The van der Waals surface area contributed by atoms with Crippen LogP contribution in [-0.2, 0) is 4.79 Å². The zero-order valence-electron chi connectivity index (χ0n) is 10.5. The van der Waals surface area contributed by atoms with Gasteiger partial charge in [-0.2, -0.15) is 0 Å². The van der Waals surface area contributed by atoms with Crippen LogP contribution in [0.15, 0.2) is 30.3 Å². The quantitative estimate of drug-likeness (QED) is 0.814. The van der Waals surface area contributed by atoms with Crippen molar-refractivity contribution >= 4 is 5.91 Å². The third-order valence-electron chi connectivity index (χ3n) is 3.53. The van der Waals surface area contributed by atoms with E-state index in [0.717, 1.165) is 5.56 Å². The van der Waals surface area contributed by atoms with E-state index in [1.54, 1.807) is 0 Å². The van der Waals surface area contributed by atoms with Crippen molar-refractivity contribution in [3.05, 3.63) is 35.9 Å². The van der Waals surface area contributed by atoms with Crippen LogP contribution in [0.25, 0.3) is 0 Å². The molecule has 0 spiro atoms. The number of rotatable bonds is 5. The molecule has 18 heavy (non-hydrogen) atoms. The first-order chi connectivity index (χ1) is 8.76. The fraction of sp³-hybridized carbons (Fsp3) is 0.500. The number of hydrogen-bond acceptors (Lipinski definition) is 3. The number of nitrogens with zero attached hydrogens (tertiary/aromatic N) is 1. The molecule has 4 nitrogen and oxygen atoms in total. The van der Waals surface area contributed by atoms with Crippen LogP contribution in [0.4, 0.5) is 0 Å². The van der Waals surface area contributed by atoms with Crippen LogP contribution in [-0.4, -0.2) is 35.6 Å². The number of hydrogen-bond donors (Lipinski definition) is 2. The van der Waals surface area contributed by atoms with E-state index in [1.807, 2.05) is 35.2 Å². The number of benzene rings is 1. The predicted octanol–water partition coefficient (Wildman–Crippen LogP) is 0.917. The van der Waals surface area contributed by atoms with Crippen LogP contribution < -0.4 is 5.73 Å². The summed E-state index contributed by atoms with van der Waals surface area (Å²) in [6, 6.07) is 9.85. The zero-order chi connectivity index (χ0) is 13.0. The van der Waals surface area contributed by atoms with Crippen molar-refractivity contribution in [2.45, 2.75) is 18.9 Å². The molecule has 1 saturated heterocycles. The van der Waals surface area contributed by atoms with Gasteiger partial charge in [-0.15, -0.1) is 0 Å². The minimum absolute atomic E-state index is 0.0275. The van der Waals surface area contributed by atoms with Crippen LogP contribution in [0.2, 0.25) is 0 Å². The van der Waals surface area contributed by atoms with E-state index in [-0.39, 0.29) is 24.5 Å². The van der Waals surface area contributed by atoms with Crippen molar-refractivity contribution in [3.8, 4) is 0 Å². The normalized spacial score (nSPS) is 21.3.